The Morgan fingerprint density at radius 2 is 2.16 bits per heavy atom. The Morgan fingerprint density at radius 1 is 1.53 bits per heavy atom. The van der Waals surface area contributed by atoms with Crippen LogP contribution < -0.4 is 5.32 Å². The fourth-order valence-electron chi connectivity index (χ4n) is 1.98. The molecule has 0 spiro atoms. The summed E-state index contributed by atoms with van der Waals surface area (Å²) in [4.78, 5) is 17.7. The Hall–Kier alpha value is -1.49. The van der Waals surface area contributed by atoms with Gasteiger partial charge in [0.2, 0.25) is 0 Å². The zero-order valence-electron chi connectivity index (χ0n) is 12.2. The highest BCUT2D eigenvalue weighted by Crippen LogP contribution is 2.21. The number of hydrogen-bond acceptors (Lipinski definition) is 3. The molecule has 19 heavy (non-hydrogen) atoms. The number of amides is 1. The topological polar surface area (TPSA) is 45.2 Å². The van der Waals surface area contributed by atoms with Crippen LogP contribution in [0.15, 0.2) is 18.5 Å². The first-order valence-electron chi connectivity index (χ1n) is 6.29. The van der Waals surface area contributed by atoms with Gasteiger partial charge in [-0.15, -0.1) is 0 Å². The molecule has 1 unspecified atom stereocenters. The van der Waals surface area contributed by atoms with E-state index in [0.717, 1.165) is 12.7 Å². The minimum atomic E-state index is -0.599. The summed E-state index contributed by atoms with van der Waals surface area (Å²) in [6.07, 6.45) is 2.46. The quantitative estimate of drug-likeness (QED) is 0.886. The van der Waals surface area contributed by atoms with E-state index in [4.69, 9.17) is 0 Å². The number of halogens is 1. The van der Waals surface area contributed by atoms with Crippen LogP contribution in [0.1, 0.15) is 31.1 Å². The summed E-state index contributed by atoms with van der Waals surface area (Å²) in [5.41, 5.74) is -0.0784. The molecule has 0 radical (unpaired) electrons. The third-order valence-corrected chi connectivity index (χ3v) is 3.26. The fourth-order valence-corrected chi connectivity index (χ4v) is 1.98. The number of nitrogens with zero attached hydrogens (tertiary/aromatic N) is 2. The molecule has 0 saturated carbocycles. The fraction of sp³-hybridized carbons (Fsp3) is 0.571. The van der Waals surface area contributed by atoms with Crippen LogP contribution in [-0.2, 0) is 0 Å². The summed E-state index contributed by atoms with van der Waals surface area (Å²) in [5, 5.41) is 2.85. The van der Waals surface area contributed by atoms with Crippen molar-refractivity contribution in [3.8, 4) is 0 Å². The van der Waals surface area contributed by atoms with Crippen molar-refractivity contribution in [2.24, 2.45) is 5.41 Å². The molecular weight excluding hydrogens is 245 g/mol. The molecule has 0 aliphatic rings. The van der Waals surface area contributed by atoms with Gasteiger partial charge in [0.1, 0.15) is 0 Å². The van der Waals surface area contributed by atoms with Crippen molar-refractivity contribution < 1.29 is 9.18 Å². The van der Waals surface area contributed by atoms with Gasteiger partial charge in [-0.25, -0.2) is 4.39 Å². The Labute approximate surface area is 114 Å². The molecule has 1 aromatic heterocycles. The molecule has 1 aromatic rings. The average molecular weight is 267 g/mol. The second kappa shape index (κ2) is 6.10. The van der Waals surface area contributed by atoms with Crippen LogP contribution in [0.3, 0.4) is 0 Å². The van der Waals surface area contributed by atoms with E-state index in [1.54, 1.807) is 0 Å². The number of carbonyl (C=O) groups excluding carboxylic acids is 1. The zero-order chi connectivity index (χ0) is 14.6. The predicted octanol–water partition coefficient (Wildman–Crippen LogP) is 1.93. The normalized spacial score (nSPS) is 13.4. The minimum absolute atomic E-state index is 0.0301. The molecule has 0 aliphatic carbocycles. The lowest BCUT2D eigenvalue weighted by molar-refractivity contribution is 0.0881. The first-order valence-corrected chi connectivity index (χ1v) is 6.29. The third-order valence-electron chi connectivity index (χ3n) is 3.26. The van der Waals surface area contributed by atoms with Crippen LogP contribution in [0, 0.1) is 11.2 Å². The summed E-state index contributed by atoms with van der Waals surface area (Å²) in [5.74, 6) is -1.00. The van der Waals surface area contributed by atoms with Crippen molar-refractivity contribution in [1.82, 2.24) is 15.2 Å². The average Bonchev–Trinajstić information content (AvgIpc) is 2.27. The molecule has 1 N–H and O–H groups in total. The van der Waals surface area contributed by atoms with Crippen molar-refractivity contribution in [2.45, 2.75) is 26.8 Å². The lowest BCUT2D eigenvalue weighted by atomic mass is 9.85. The van der Waals surface area contributed by atoms with Gasteiger partial charge in [0, 0.05) is 18.8 Å². The number of aromatic nitrogens is 1. The molecular formula is C14H22FN3O. The van der Waals surface area contributed by atoms with Gasteiger partial charge in [-0.1, -0.05) is 13.8 Å². The maximum atomic E-state index is 13.5. The van der Waals surface area contributed by atoms with E-state index < -0.39 is 11.7 Å². The molecule has 0 saturated heterocycles. The third kappa shape index (κ3) is 4.28. The molecule has 1 amide bonds. The van der Waals surface area contributed by atoms with Gasteiger partial charge in [0.05, 0.1) is 11.8 Å². The molecule has 4 nitrogen and oxygen atoms in total. The van der Waals surface area contributed by atoms with Crippen LogP contribution in [0.2, 0.25) is 0 Å². The Kier molecular flexibility index (Phi) is 5.00. The van der Waals surface area contributed by atoms with Crippen LogP contribution in [0.5, 0.6) is 0 Å². The SMILES string of the molecule is CC(NC(=O)c1ccncc1F)C(C)(C)CN(C)C. The van der Waals surface area contributed by atoms with Crippen LogP contribution in [-0.4, -0.2) is 42.5 Å². The smallest absolute Gasteiger partial charge is 0.254 e. The number of nitrogens with one attached hydrogen (secondary N) is 1. The highest BCUT2D eigenvalue weighted by molar-refractivity contribution is 5.94. The molecule has 0 bridgehead atoms. The van der Waals surface area contributed by atoms with E-state index in [0.29, 0.717) is 0 Å². The Bertz CT molecular complexity index is 446. The first kappa shape index (κ1) is 15.6. The van der Waals surface area contributed by atoms with Gasteiger partial charge in [0.25, 0.3) is 5.91 Å². The largest absolute Gasteiger partial charge is 0.349 e. The monoisotopic (exact) mass is 267 g/mol. The molecule has 1 heterocycles. The summed E-state index contributed by atoms with van der Waals surface area (Å²) in [6.45, 7) is 6.90. The van der Waals surface area contributed by atoms with Gasteiger partial charge >= 0.3 is 0 Å². The Morgan fingerprint density at radius 3 is 2.68 bits per heavy atom. The van der Waals surface area contributed by atoms with Crippen LogP contribution in [0.25, 0.3) is 0 Å². The molecule has 5 heteroatoms. The highest BCUT2D eigenvalue weighted by Gasteiger charge is 2.28. The second-order valence-corrected chi connectivity index (χ2v) is 5.78. The number of hydrogen-bond donors (Lipinski definition) is 1. The van der Waals surface area contributed by atoms with Gasteiger partial charge in [0.15, 0.2) is 5.82 Å². The maximum Gasteiger partial charge on any atom is 0.254 e. The van der Waals surface area contributed by atoms with E-state index in [1.807, 2.05) is 21.0 Å². The van der Waals surface area contributed by atoms with Crippen LogP contribution in [0.4, 0.5) is 4.39 Å². The van der Waals surface area contributed by atoms with Crippen molar-refractivity contribution in [2.75, 3.05) is 20.6 Å². The standard InChI is InChI=1S/C14H22FN3O/c1-10(14(2,3)9-18(4)5)17-13(19)11-6-7-16-8-12(11)15/h6-8,10H,9H2,1-5H3,(H,17,19). The van der Waals surface area contributed by atoms with Crippen molar-refractivity contribution in [1.29, 1.82) is 0 Å². The Balaban J connectivity index is 2.74. The van der Waals surface area contributed by atoms with Gasteiger partial charge in [-0.05, 0) is 32.5 Å². The van der Waals surface area contributed by atoms with Crippen molar-refractivity contribution >= 4 is 5.91 Å². The predicted molar refractivity (Wildman–Crippen MR) is 73.5 cm³/mol. The zero-order valence-corrected chi connectivity index (χ0v) is 12.2. The molecule has 0 aromatic carbocycles. The number of carbonyl (C=O) groups is 1. The van der Waals surface area contributed by atoms with E-state index in [1.165, 1.54) is 12.3 Å². The van der Waals surface area contributed by atoms with E-state index in [2.05, 4.69) is 29.0 Å². The van der Waals surface area contributed by atoms with Gasteiger partial charge < -0.3 is 10.2 Å². The number of pyridine rings is 1. The first-order chi connectivity index (χ1) is 8.74. The lowest BCUT2D eigenvalue weighted by Gasteiger charge is -2.34. The highest BCUT2D eigenvalue weighted by atomic mass is 19.1. The summed E-state index contributed by atoms with van der Waals surface area (Å²) < 4.78 is 13.5. The second-order valence-electron chi connectivity index (χ2n) is 5.78. The van der Waals surface area contributed by atoms with E-state index >= 15 is 0 Å². The maximum absolute atomic E-state index is 13.5. The number of rotatable bonds is 5. The van der Waals surface area contributed by atoms with Gasteiger partial charge in [-0.3, -0.25) is 9.78 Å². The van der Waals surface area contributed by atoms with Gasteiger partial charge in [-0.2, -0.15) is 0 Å². The van der Waals surface area contributed by atoms with Crippen LogP contribution >= 0.6 is 0 Å². The van der Waals surface area contributed by atoms with Crippen molar-refractivity contribution in [3.05, 3.63) is 29.8 Å². The van der Waals surface area contributed by atoms with E-state index in [-0.39, 0.29) is 17.0 Å². The molecule has 1 atom stereocenters. The molecule has 1 rings (SSSR count). The summed E-state index contributed by atoms with van der Waals surface area (Å²) in [7, 11) is 3.97. The van der Waals surface area contributed by atoms with Crippen molar-refractivity contribution in [3.63, 3.8) is 0 Å². The summed E-state index contributed by atoms with van der Waals surface area (Å²) in [6, 6.07) is 1.31. The molecule has 0 aliphatic heterocycles. The minimum Gasteiger partial charge on any atom is -0.349 e. The summed E-state index contributed by atoms with van der Waals surface area (Å²) >= 11 is 0. The molecule has 0 fully saturated rings. The van der Waals surface area contributed by atoms with E-state index in [9.17, 15) is 9.18 Å². The molecule has 106 valence electrons. The lowest BCUT2D eigenvalue weighted by Crippen LogP contribution is -2.47.